The fourth-order valence-corrected chi connectivity index (χ4v) is 3.12. The van der Waals surface area contributed by atoms with E-state index in [1.165, 1.54) is 0 Å². The Kier molecular flexibility index (Phi) is 6.54. The molecule has 1 N–H and O–H groups in total. The molecule has 144 valence electrons. The molecule has 2 aromatic rings. The number of ether oxygens (including phenoxy) is 3. The Morgan fingerprint density at radius 1 is 1.00 bits per heavy atom. The molecule has 1 aliphatic heterocycles. The van der Waals surface area contributed by atoms with Crippen molar-refractivity contribution in [2.24, 2.45) is 0 Å². The lowest BCUT2D eigenvalue weighted by molar-refractivity contribution is -0.118. The van der Waals surface area contributed by atoms with Crippen LogP contribution in [0.2, 0.25) is 0 Å². The molecule has 6 heteroatoms. The number of amides is 1. The summed E-state index contributed by atoms with van der Waals surface area (Å²) >= 11 is 0. The Morgan fingerprint density at radius 2 is 1.63 bits per heavy atom. The van der Waals surface area contributed by atoms with E-state index in [2.05, 4.69) is 10.2 Å². The van der Waals surface area contributed by atoms with Crippen LogP contribution in [0.5, 0.6) is 11.5 Å². The van der Waals surface area contributed by atoms with Gasteiger partial charge in [-0.3, -0.25) is 4.79 Å². The molecule has 2 aromatic carbocycles. The number of nitrogens with zero attached hydrogens (tertiary/aromatic N) is 1. The molecule has 0 saturated carbocycles. The van der Waals surface area contributed by atoms with Gasteiger partial charge in [-0.25, -0.2) is 0 Å². The molecule has 0 atom stereocenters. The molecule has 3 rings (SSSR count). The number of benzene rings is 2. The van der Waals surface area contributed by atoms with Crippen molar-refractivity contribution in [2.75, 3.05) is 44.1 Å². The number of nitrogens with one attached hydrogen (secondary N) is 1. The van der Waals surface area contributed by atoms with E-state index in [1.807, 2.05) is 24.3 Å². The summed E-state index contributed by atoms with van der Waals surface area (Å²) in [6.07, 6.45) is 2.44. The quantitative estimate of drug-likeness (QED) is 0.810. The van der Waals surface area contributed by atoms with E-state index < -0.39 is 0 Å². The van der Waals surface area contributed by atoms with Crippen molar-refractivity contribution in [3.63, 3.8) is 0 Å². The molecule has 1 amide bonds. The second-order valence-electron chi connectivity index (χ2n) is 6.48. The van der Waals surface area contributed by atoms with Crippen LogP contribution < -0.4 is 19.7 Å². The third-order valence-corrected chi connectivity index (χ3v) is 4.72. The molecule has 0 unspecified atom stereocenters. The molecule has 6 nitrogen and oxygen atoms in total. The van der Waals surface area contributed by atoms with Crippen LogP contribution in [0.4, 0.5) is 11.4 Å². The van der Waals surface area contributed by atoms with Gasteiger partial charge in [0.05, 0.1) is 13.2 Å². The summed E-state index contributed by atoms with van der Waals surface area (Å²) in [6, 6.07) is 15.0. The zero-order valence-corrected chi connectivity index (χ0v) is 15.8. The largest absolute Gasteiger partial charge is 0.497 e. The minimum absolute atomic E-state index is 0.0430. The standard InChI is InChI=1S/C21H26N2O4/c1-25-18-7-9-20(10-8-18)27-15-21(24)22-16-3-5-17(6-4-16)23-13-11-19(26-2)12-14-23/h3-10,19H,11-15H2,1-2H3,(H,22,24). The smallest absolute Gasteiger partial charge is 0.262 e. The normalized spacial score (nSPS) is 14.7. The third-order valence-electron chi connectivity index (χ3n) is 4.72. The van der Waals surface area contributed by atoms with Crippen molar-refractivity contribution in [1.29, 1.82) is 0 Å². The number of hydrogen-bond donors (Lipinski definition) is 1. The summed E-state index contributed by atoms with van der Waals surface area (Å²) in [5, 5.41) is 2.85. The molecular formula is C21H26N2O4. The minimum atomic E-state index is -0.195. The van der Waals surface area contributed by atoms with Gasteiger partial charge < -0.3 is 24.4 Å². The van der Waals surface area contributed by atoms with Gasteiger partial charge in [0, 0.05) is 31.6 Å². The summed E-state index contributed by atoms with van der Waals surface area (Å²) in [4.78, 5) is 14.4. The highest BCUT2D eigenvalue weighted by molar-refractivity contribution is 5.92. The fraction of sp³-hybridized carbons (Fsp3) is 0.381. The SMILES string of the molecule is COc1ccc(OCC(=O)Nc2ccc(N3CCC(OC)CC3)cc2)cc1. The minimum Gasteiger partial charge on any atom is -0.497 e. The highest BCUT2D eigenvalue weighted by atomic mass is 16.5. The molecule has 1 saturated heterocycles. The van der Waals surface area contributed by atoms with Gasteiger partial charge >= 0.3 is 0 Å². The Bertz CT molecular complexity index is 723. The van der Waals surface area contributed by atoms with Crippen LogP contribution in [-0.4, -0.2) is 45.9 Å². The number of methoxy groups -OCH3 is 2. The van der Waals surface area contributed by atoms with E-state index in [4.69, 9.17) is 14.2 Å². The lowest BCUT2D eigenvalue weighted by Gasteiger charge is -2.33. The van der Waals surface area contributed by atoms with Gasteiger partial charge in [-0.15, -0.1) is 0 Å². The zero-order chi connectivity index (χ0) is 19.1. The Balaban J connectivity index is 1.46. The second kappa shape index (κ2) is 9.28. The number of hydrogen-bond acceptors (Lipinski definition) is 5. The van der Waals surface area contributed by atoms with Gasteiger partial charge in [0.15, 0.2) is 6.61 Å². The highest BCUT2D eigenvalue weighted by Gasteiger charge is 2.18. The average Bonchev–Trinajstić information content (AvgIpc) is 2.73. The molecule has 0 spiro atoms. The first-order valence-corrected chi connectivity index (χ1v) is 9.12. The van der Waals surface area contributed by atoms with Crippen LogP contribution in [0.25, 0.3) is 0 Å². The Labute approximate surface area is 160 Å². The van der Waals surface area contributed by atoms with E-state index in [1.54, 1.807) is 38.5 Å². The summed E-state index contributed by atoms with van der Waals surface area (Å²) < 4.78 is 16.0. The number of piperidine rings is 1. The number of rotatable bonds is 7. The van der Waals surface area contributed by atoms with Gasteiger partial charge in [-0.1, -0.05) is 0 Å². The van der Waals surface area contributed by atoms with Gasteiger partial charge in [0.25, 0.3) is 5.91 Å². The maximum Gasteiger partial charge on any atom is 0.262 e. The summed E-state index contributed by atoms with van der Waals surface area (Å²) in [7, 11) is 3.38. The monoisotopic (exact) mass is 370 g/mol. The van der Waals surface area contributed by atoms with Gasteiger partial charge in [0.2, 0.25) is 0 Å². The van der Waals surface area contributed by atoms with Crippen molar-refractivity contribution in [3.8, 4) is 11.5 Å². The molecule has 27 heavy (non-hydrogen) atoms. The average molecular weight is 370 g/mol. The first-order valence-electron chi connectivity index (χ1n) is 9.12. The van der Waals surface area contributed by atoms with Crippen LogP contribution in [0.15, 0.2) is 48.5 Å². The summed E-state index contributed by atoms with van der Waals surface area (Å²) in [5.41, 5.74) is 1.92. The summed E-state index contributed by atoms with van der Waals surface area (Å²) in [6.45, 7) is 1.93. The summed E-state index contributed by atoms with van der Waals surface area (Å²) in [5.74, 6) is 1.18. The zero-order valence-electron chi connectivity index (χ0n) is 15.8. The maximum atomic E-state index is 12.1. The van der Waals surface area contributed by atoms with Crippen LogP contribution in [0.1, 0.15) is 12.8 Å². The number of carbonyl (C=O) groups excluding carboxylic acids is 1. The van der Waals surface area contributed by atoms with Gasteiger partial charge in [-0.2, -0.15) is 0 Å². The maximum absolute atomic E-state index is 12.1. The lowest BCUT2D eigenvalue weighted by atomic mass is 10.1. The second-order valence-corrected chi connectivity index (χ2v) is 6.48. The first kappa shape index (κ1) is 19.0. The highest BCUT2D eigenvalue weighted by Crippen LogP contribution is 2.23. The molecular weight excluding hydrogens is 344 g/mol. The van der Waals surface area contributed by atoms with Crippen LogP contribution in [-0.2, 0) is 9.53 Å². The number of anilines is 2. The first-order chi connectivity index (χ1) is 13.2. The van der Waals surface area contributed by atoms with Crippen molar-refractivity contribution in [3.05, 3.63) is 48.5 Å². The molecule has 0 aliphatic carbocycles. The molecule has 0 radical (unpaired) electrons. The Hall–Kier alpha value is -2.73. The van der Waals surface area contributed by atoms with Crippen LogP contribution in [0.3, 0.4) is 0 Å². The predicted molar refractivity (Wildman–Crippen MR) is 106 cm³/mol. The van der Waals surface area contributed by atoms with Gasteiger partial charge in [0.1, 0.15) is 11.5 Å². The van der Waals surface area contributed by atoms with Crippen LogP contribution in [0, 0.1) is 0 Å². The van der Waals surface area contributed by atoms with E-state index in [9.17, 15) is 4.79 Å². The van der Waals surface area contributed by atoms with Crippen molar-refractivity contribution < 1.29 is 19.0 Å². The van der Waals surface area contributed by atoms with E-state index in [0.29, 0.717) is 11.9 Å². The van der Waals surface area contributed by atoms with E-state index in [-0.39, 0.29) is 12.5 Å². The molecule has 0 bridgehead atoms. The molecule has 0 aromatic heterocycles. The molecule has 1 heterocycles. The molecule has 1 aliphatic rings. The predicted octanol–water partition coefficient (Wildman–Crippen LogP) is 3.33. The lowest BCUT2D eigenvalue weighted by Crippen LogP contribution is -2.36. The fourth-order valence-electron chi connectivity index (χ4n) is 3.12. The third kappa shape index (κ3) is 5.37. The van der Waals surface area contributed by atoms with E-state index in [0.717, 1.165) is 43.1 Å². The topological polar surface area (TPSA) is 60.0 Å². The van der Waals surface area contributed by atoms with Crippen molar-refractivity contribution >= 4 is 17.3 Å². The van der Waals surface area contributed by atoms with Gasteiger partial charge in [-0.05, 0) is 61.4 Å². The van der Waals surface area contributed by atoms with Crippen molar-refractivity contribution in [1.82, 2.24) is 0 Å². The molecule has 1 fully saturated rings. The van der Waals surface area contributed by atoms with Crippen molar-refractivity contribution in [2.45, 2.75) is 18.9 Å². The number of carbonyl (C=O) groups is 1. The van der Waals surface area contributed by atoms with E-state index >= 15 is 0 Å². The van der Waals surface area contributed by atoms with Crippen LogP contribution >= 0.6 is 0 Å². The Morgan fingerprint density at radius 3 is 2.22 bits per heavy atom.